The molecule has 11 heteroatoms. The molecule has 1 aromatic heterocycles. The molecule has 0 atom stereocenters. The number of nitro benzene ring substituents is 2. The number of amides is 1. The number of aromatic nitrogens is 1. The molecule has 25 heavy (non-hydrogen) atoms. The lowest BCUT2D eigenvalue weighted by Crippen LogP contribution is -2.38. The third-order valence-electron chi connectivity index (χ3n) is 2.99. The van der Waals surface area contributed by atoms with Gasteiger partial charge in [-0.15, -0.1) is 0 Å². The van der Waals surface area contributed by atoms with Crippen molar-refractivity contribution in [1.82, 2.24) is 15.6 Å². The van der Waals surface area contributed by atoms with Crippen molar-refractivity contribution in [3.63, 3.8) is 0 Å². The normalized spacial score (nSPS) is 9.92. The molecule has 0 bridgehead atoms. The molecule has 2 N–H and O–H groups in total. The van der Waals surface area contributed by atoms with Gasteiger partial charge in [0.1, 0.15) is 0 Å². The second-order valence-electron chi connectivity index (χ2n) is 4.75. The Bertz CT molecular complexity index is 811. The lowest BCUT2D eigenvalue weighted by atomic mass is 10.1. The molecule has 128 valence electrons. The molecule has 0 spiro atoms. The van der Waals surface area contributed by atoms with Crippen molar-refractivity contribution in [1.29, 1.82) is 0 Å². The van der Waals surface area contributed by atoms with Gasteiger partial charge in [-0.3, -0.25) is 35.3 Å². The van der Waals surface area contributed by atoms with E-state index in [1.807, 2.05) is 0 Å². The van der Waals surface area contributed by atoms with E-state index in [9.17, 15) is 25.0 Å². The van der Waals surface area contributed by atoms with Gasteiger partial charge in [0.25, 0.3) is 17.3 Å². The van der Waals surface area contributed by atoms with Crippen LogP contribution in [-0.2, 0) is 6.54 Å². The van der Waals surface area contributed by atoms with Crippen molar-refractivity contribution in [2.24, 2.45) is 0 Å². The van der Waals surface area contributed by atoms with Crippen LogP contribution in [0.15, 0.2) is 42.7 Å². The lowest BCUT2D eigenvalue weighted by Gasteiger charge is -2.09. The minimum absolute atomic E-state index is 0.0250. The second-order valence-corrected chi connectivity index (χ2v) is 5.16. The summed E-state index contributed by atoms with van der Waals surface area (Å²) in [5, 5.41) is 26.7. The number of hydrogen-bond donors (Lipinski definition) is 2. The Hall–Kier alpha value is -3.47. The van der Waals surface area contributed by atoms with Gasteiger partial charge in [-0.25, -0.2) is 0 Å². The first kappa shape index (κ1) is 17.9. The topological polar surface area (TPSA) is 140 Å². The summed E-state index contributed by atoms with van der Waals surface area (Å²) in [6, 6.07) is 6.18. The first-order chi connectivity index (χ1) is 11.9. The molecule has 2 rings (SSSR count). The summed E-state index contributed by atoms with van der Waals surface area (Å²) < 4.78 is 0. The zero-order valence-corrected chi connectivity index (χ0v) is 13.4. The van der Waals surface area contributed by atoms with E-state index in [1.165, 1.54) is 0 Å². The third kappa shape index (κ3) is 5.00. The maximum atomic E-state index is 12.1. The number of non-ortho nitro benzene ring substituents is 2. The lowest BCUT2D eigenvalue weighted by molar-refractivity contribution is -0.394. The van der Waals surface area contributed by atoms with Gasteiger partial charge in [0.2, 0.25) is 0 Å². The molecule has 1 amide bonds. The van der Waals surface area contributed by atoms with E-state index in [0.29, 0.717) is 6.54 Å². The molecule has 0 unspecified atom stereocenters. The number of carbonyl (C=O) groups excluding carboxylic acids is 1. The van der Waals surface area contributed by atoms with Crippen LogP contribution in [0, 0.1) is 20.2 Å². The summed E-state index contributed by atoms with van der Waals surface area (Å²) >= 11 is 4.97. The largest absolute Gasteiger partial charge is 0.358 e. The smallest absolute Gasteiger partial charge is 0.277 e. The van der Waals surface area contributed by atoms with Crippen LogP contribution in [-0.4, -0.2) is 25.9 Å². The molecule has 0 fully saturated rings. The Morgan fingerprint density at radius 2 is 1.80 bits per heavy atom. The van der Waals surface area contributed by atoms with E-state index in [0.717, 1.165) is 23.8 Å². The van der Waals surface area contributed by atoms with E-state index < -0.39 is 27.1 Å². The van der Waals surface area contributed by atoms with Crippen LogP contribution in [0.5, 0.6) is 0 Å². The first-order valence-corrected chi connectivity index (χ1v) is 7.19. The number of hydrogen-bond acceptors (Lipinski definition) is 7. The van der Waals surface area contributed by atoms with Crippen molar-refractivity contribution in [2.75, 3.05) is 0 Å². The Labute approximate surface area is 146 Å². The zero-order chi connectivity index (χ0) is 18.4. The second kappa shape index (κ2) is 7.88. The summed E-state index contributed by atoms with van der Waals surface area (Å²) in [5.74, 6) is -0.796. The quantitative estimate of drug-likeness (QED) is 0.466. The molecule has 1 heterocycles. The van der Waals surface area contributed by atoms with Crippen molar-refractivity contribution >= 4 is 34.6 Å². The van der Waals surface area contributed by atoms with Gasteiger partial charge in [-0.2, -0.15) is 0 Å². The van der Waals surface area contributed by atoms with Crippen LogP contribution in [0.1, 0.15) is 15.9 Å². The summed E-state index contributed by atoms with van der Waals surface area (Å²) in [6.07, 6.45) is 3.22. The highest BCUT2D eigenvalue weighted by atomic mass is 32.1. The molecule has 0 radical (unpaired) electrons. The highest BCUT2D eigenvalue weighted by Gasteiger charge is 2.20. The number of pyridine rings is 1. The van der Waals surface area contributed by atoms with Gasteiger partial charge in [0, 0.05) is 31.1 Å². The molecule has 10 nitrogen and oxygen atoms in total. The van der Waals surface area contributed by atoms with E-state index in [-0.39, 0.29) is 10.7 Å². The molecule has 1 aromatic carbocycles. The number of nitrogens with one attached hydrogen (secondary N) is 2. The predicted molar refractivity (Wildman–Crippen MR) is 90.9 cm³/mol. The van der Waals surface area contributed by atoms with Crippen LogP contribution < -0.4 is 10.6 Å². The SMILES string of the molecule is O=C(NC(=S)NCc1cccnc1)c1cc([N+](=O)[O-])cc([N+](=O)[O-])c1. The van der Waals surface area contributed by atoms with Gasteiger partial charge >= 0.3 is 0 Å². The van der Waals surface area contributed by atoms with Crippen molar-refractivity contribution in [3.8, 4) is 0 Å². The summed E-state index contributed by atoms with van der Waals surface area (Å²) in [6.45, 7) is 0.308. The Morgan fingerprint density at radius 3 is 2.32 bits per heavy atom. The van der Waals surface area contributed by atoms with Gasteiger partial charge in [-0.05, 0) is 23.8 Å². The van der Waals surface area contributed by atoms with Gasteiger partial charge in [0.05, 0.1) is 21.5 Å². The number of carbonyl (C=O) groups is 1. The van der Waals surface area contributed by atoms with Gasteiger partial charge < -0.3 is 5.32 Å². The summed E-state index contributed by atoms with van der Waals surface area (Å²) in [4.78, 5) is 36.1. The van der Waals surface area contributed by atoms with Crippen molar-refractivity contribution < 1.29 is 14.6 Å². The first-order valence-electron chi connectivity index (χ1n) is 6.79. The molecule has 0 saturated carbocycles. The van der Waals surface area contributed by atoms with Crippen LogP contribution in [0.25, 0.3) is 0 Å². The number of nitrogens with zero attached hydrogens (tertiary/aromatic N) is 3. The van der Waals surface area contributed by atoms with Crippen LogP contribution in [0.2, 0.25) is 0 Å². The molecular formula is C14H11N5O5S. The molecule has 0 aliphatic rings. The third-order valence-corrected chi connectivity index (χ3v) is 3.24. The highest BCUT2D eigenvalue weighted by molar-refractivity contribution is 7.80. The standard InChI is InChI=1S/C14H11N5O5S/c20-13(17-14(25)16-8-9-2-1-3-15-7-9)10-4-11(18(21)22)6-12(5-10)19(23)24/h1-7H,8H2,(H2,16,17,20,25). The van der Waals surface area contributed by atoms with Crippen molar-refractivity contribution in [3.05, 3.63) is 74.1 Å². The number of nitro groups is 2. The molecule has 0 saturated heterocycles. The molecule has 2 aromatic rings. The minimum Gasteiger partial charge on any atom is -0.358 e. The van der Waals surface area contributed by atoms with Gasteiger partial charge in [0.15, 0.2) is 5.11 Å². The summed E-state index contributed by atoms with van der Waals surface area (Å²) in [5.41, 5.74) is -0.543. The van der Waals surface area contributed by atoms with Crippen molar-refractivity contribution in [2.45, 2.75) is 6.54 Å². The number of thiocarbonyl (C=S) groups is 1. The Balaban J connectivity index is 2.08. The van der Waals surface area contributed by atoms with Gasteiger partial charge in [-0.1, -0.05) is 6.07 Å². The zero-order valence-electron chi connectivity index (χ0n) is 12.5. The Kier molecular flexibility index (Phi) is 5.63. The highest BCUT2D eigenvalue weighted by Crippen LogP contribution is 2.22. The monoisotopic (exact) mass is 361 g/mol. The minimum atomic E-state index is -0.817. The van der Waals surface area contributed by atoms with Crippen LogP contribution in [0.3, 0.4) is 0 Å². The van der Waals surface area contributed by atoms with Crippen LogP contribution >= 0.6 is 12.2 Å². The fourth-order valence-electron chi connectivity index (χ4n) is 1.84. The molecular weight excluding hydrogens is 350 g/mol. The summed E-state index contributed by atoms with van der Waals surface area (Å²) in [7, 11) is 0. The van der Waals surface area contributed by atoms with E-state index >= 15 is 0 Å². The van der Waals surface area contributed by atoms with E-state index in [4.69, 9.17) is 12.2 Å². The fraction of sp³-hybridized carbons (Fsp3) is 0.0714. The van der Waals surface area contributed by atoms with E-state index in [1.54, 1.807) is 24.5 Å². The predicted octanol–water partition coefficient (Wildman–Crippen LogP) is 1.70. The maximum Gasteiger partial charge on any atom is 0.277 e. The molecule has 0 aliphatic heterocycles. The average Bonchev–Trinajstić information content (AvgIpc) is 2.60. The fourth-order valence-corrected chi connectivity index (χ4v) is 2.01. The average molecular weight is 361 g/mol. The maximum absolute atomic E-state index is 12.1. The van der Waals surface area contributed by atoms with E-state index in [2.05, 4.69) is 15.6 Å². The number of benzene rings is 1. The number of rotatable bonds is 5. The van der Waals surface area contributed by atoms with Crippen LogP contribution in [0.4, 0.5) is 11.4 Å². The Morgan fingerprint density at radius 1 is 1.16 bits per heavy atom. The molecule has 0 aliphatic carbocycles.